The number of carbonyl (C=O) groups excluding carboxylic acids is 2. The van der Waals surface area contributed by atoms with Crippen LogP contribution in [0.2, 0.25) is 0 Å². The summed E-state index contributed by atoms with van der Waals surface area (Å²) in [7, 11) is 0. The second-order valence-electron chi connectivity index (χ2n) is 10.2. The van der Waals surface area contributed by atoms with Gasteiger partial charge in [0.05, 0.1) is 12.3 Å². The van der Waals surface area contributed by atoms with Crippen molar-refractivity contribution in [3.05, 3.63) is 78.4 Å². The second-order valence-corrected chi connectivity index (χ2v) is 12.2. The van der Waals surface area contributed by atoms with Crippen molar-refractivity contribution in [3.63, 3.8) is 0 Å². The van der Waals surface area contributed by atoms with Gasteiger partial charge in [0.15, 0.2) is 0 Å². The van der Waals surface area contributed by atoms with E-state index in [4.69, 9.17) is 0 Å². The molecule has 220 valence electrons. The molecule has 3 atom stereocenters. The van der Waals surface area contributed by atoms with Crippen LogP contribution in [-0.2, 0) is 20.9 Å². The normalized spacial score (nSPS) is 13.5. The zero-order valence-electron chi connectivity index (χ0n) is 24.0. The minimum Gasteiger partial charge on any atom is -0.480 e. The monoisotopic (exact) mass is 595 g/mol. The number of hydrogen-bond acceptors (Lipinski definition) is 6. The van der Waals surface area contributed by atoms with E-state index in [-0.39, 0.29) is 30.3 Å². The van der Waals surface area contributed by atoms with Crippen molar-refractivity contribution in [2.75, 3.05) is 30.9 Å². The molecule has 3 N–H and O–H groups in total. The van der Waals surface area contributed by atoms with Gasteiger partial charge in [0.25, 0.3) is 0 Å². The first-order chi connectivity index (χ1) is 19.8. The minimum absolute atomic E-state index is 0.0217. The largest absolute Gasteiger partial charge is 0.480 e. The maximum atomic E-state index is 13.2. The lowest BCUT2D eigenvalue weighted by atomic mass is 9.97. The minimum atomic E-state index is -1.03. The number of carbonyl (C=O) groups is 3. The first-order valence-electron chi connectivity index (χ1n) is 14.0. The summed E-state index contributed by atoms with van der Waals surface area (Å²) in [6.07, 6.45) is 3.13. The molecule has 0 fully saturated rings. The van der Waals surface area contributed by atoms with Crippen LogP contribution in [0.15, 0.2) is 77.7 Å². The van der Waals surface area contributed by atoms with E-state index < -0.39 is 12.0 Å². The predicted molar refractivity (Wildman–Crippen MR) is 170 cm³/mol. The van der Waals surface area contributed by atoms with Crippen LogP contribution in [0.1, 0.15) is 32.3 Å². The van der Waals surface area contributed by atoms with Crippen LogP contribution in [0, 0.1) is 5.92 Å². The Hall–Kier alpha value is -3.01. The SMILES string of the molecule is CCC(C)C(CN(CC(=O)NC(CCSC)C(=O)O)Cc1cccc2ccccc12)NC(=O)CSc1ccccc1. The Bertz CT molecular complexity index is 1270. The molecule has 3 aromatic rings. The molecular formula is C32H41N3O4S2. The fraction of sp³-hybridized carbons (Fsp3) is 0.406. The Labute approximate surface area is 251 Å². The highest BCUT2D eigenvalue weighted by Crippen LogP contribution is 2.21. The highest BCUT2D eigenvalue weighted by atomic mass is 32.2. The summed E-state index contributed by atoms with van der Waals surface area (Å²) in [5, 5.41) is 17.8. The first kappa shape index (κ1) is 32.5. The standard InChI is InChI=1S/C32H41N3O4S2/c1-4-23(2)29(34-31(37)22-41-26-14-6-5-7-15-26)20-35(21-30(36)33-28(32(38)39)17-18-40-3)19-25-13-10-12-24-11-8-9-16-27(24)25/h5-16,23,28-29H,4,17-22H2,1-3H3,(H,33,36)(H,34,37)(H,38,39). The van der Waals surface area contributed by atoms with Crippen molar-refractivity contribution in [1.29, 1.82) is 0 Å². The van der Waals surface area contributed by atoms with Gasteiger partial charge >= 0.3 is 5.97 Å². The Morgan fingerprint density at radius 1 is 0.927 bits per heavy atom. The fourth-order valence-corrected chi connectivity index (χ4v) is 5.84. The molecule has 0 aliphatic rings. The maximum absolute atomic E-state index is 13.2. The number of aliphatic carboxylic acids is 1. The third-order valence-electron chi connectivity index (χ3n) is 7.13. The summed E-state index contributed by atoms with van der Waals surface area (Å²) >= 11 is 3.04. The molecule has 0 aliphatic carbocycles. The molecule has 0 aliphatic heterocycles. The summed E-state index contributed by atoms with van der Waals surface area (Å²) in [4.78, 5) is 41.0. The number of nitrogens with zero attached hydrogens (tertiary/aromatic N) is 1. The smallest absolute Gasteiger partial charge is 0.326 e. The van der Waals surface area contributed by atoms with Gasteiger partial charge < -0.3 is 15.7 Å². The Morgan fingerprint density at radius 3 is 2.34 bits per heavy atom. The molecule has 0 saturated carbocycles. The van der Waals surface area contributed by atoms with E-state index in [1.807, 2.05) is 59.7 Å². The van der Waals surface area contributed by atoms with E-state index in [2.05, 4.69) is 48.7 Å². The molecule has 0 spiro atoms. The lowest BCUT2D eigenvalue weighted by molar-refractivity contribution is -0.142. The van der Waals surface area contributed by atoms with Crippen molar-refractivity contribution in [3.8, 4) is 0 Å². The average molecular weight is 596 g/mol. The van der Waals surface area contributed by atoms with E-state index in [1.165, 1.54) is 11.8 Å². The zero-order valence-corrected chi connectivity index (χ0v) is 25.7. The van der Waals surface area contributed by atoms with Gasteiger partial charge in [0.1, 0.15) is 6.04 Å². The van der Waals surface area contributed by atoms with E-state index in [1.54, 1.807) is 11.8 Å². The molecule has 3 rings (SSSR count). The molecule has 3 aromatic carbocycles. The predicted octanol–water partition coefficient (Wildman–Crippen LogP) is 5.29. The molecule has 0 radical (unpaired) electrons. The third kappa shape index (κ3) is 10.7. The zero-order chi connectivity index (χ0) is 29.6. The number of carboxylic acids is 1. The summed E-state index contributed by atoms with van der Waals surface area (Å²) in [5.41, 5.74) is 1.07. The van der Waals surface area contributed by atoms with Gasteiger partial charge in [0.2, 0.25) is 11.8 Å². The fourth-order valence-electron chi connectivity index (χ4n) is 4.64. The van der Waals surface area contributed by atoms with Crippen LogP contribution in [0.3, 0.4) is 0 Å². The number of nitrogens with one attached hydrogen (secondary N) is 2. The highest BCUT2D eigenvalue weighted by molar-refractivity contribution is 8.00. The first-order valence-corrected chi connectivity index (χ1v) is 16.4. The molecule has 0 heterocycles. The van der Waals surface area contributed by atoms with Gasteiger partial charge in [-0.3, -0.25) is 14.5 Å². The van der Waals surface area contributed by atoms with Gasteiger partial charge in [0, 0.05) is 24.0 Å². The Kier molecular flexibility index (Phi) is 13.5. The van der Waals surface area contributed by atoms with Crippen LogP contribution in [-0.4, -0.2) is 70.7 Å². The quantitative estimate of drug-likeness (QED) is 0.183. The van der Waals surface area contributed by atoms with E-state index in [9.17, 15) is 19.5 Å². The molecule has 0 aromatic heterocycles. The molecule has 41 heavy (non-hydrogen) atoms. The number of rotatable bonds is 17. The molecule has 0 saturated heterocycles. The van der Waals surface area contributed by atoms with Crippen LogP contribution in [0.4, 0.5) is 0 Å². The van der Waals surface area contributed by atoms with Crippen LogP contribution in [0.25, 0.3) is 10.8 Å². The van der Waals surface area contributed by atoms with E-state index in [0.717, 1.165) is 27.7 Å². The topological polar surface area (TPSA) is 98.7 Å². The Balaban J connectivity index is 1.79. The van der Waals surface area contributed by atoms with E-state index >= 15 is 0 Å². The van der Waals surface area contributed by atoms with E-state index in [0.29, 0.717) is 31.0 Å². The highest BCUT2D eigenvalue weighted by Gasteiger charge is 2.25. The van der Waals surface area contributed by atoms with Crippen LogP contribution >= 0.6 is 23.5 Å². The van der Waals surface area contributed by atoms with Crippen LogP contribution in [0.5, 0.6) is 0 Å². The second kappa shape index (κ2) is 17.1. The summed E-state index contributed by atoms with van der Waals surface area (Å²) in [6, 6.07) is 23.0. The number of carboxylic acid groups (broad SMARTS) is 1. The maximum Gasteiger partial charge on any atom is 0.326 e. The van der Waals surface area contributed by atoms with Gasteiger partial charge in [-0.1, -0.05) is 80.9 Å². The number of hydrogen-bond donors (Lipinski definition) is 3. The van der Waals surface area contributed by atoms with Crippen LogP contribution < -0.4 is 10.6 Å². The van der Waals surface area contributed by atoms with Crippen molar-refractivity contribution in [2.24, 2.45) is 5.92 Å². The number of thioether (sulfide) groups is 2. The van der Waals surface area contributed by atoms with Crippen molar-refractivity contribution < 1.29 is 19.5 Å². The Morgan fingerprint density at radius 2 is 1.63 bits per heavy atom. The molecule has 9 heteroatoms. The van der Waals surface area contributed by atoms with Crippen molar-refractivity contribution in [1.82, 2.24) is 15.5 Å². The third-order valence-corrected chi connectivity index (χ3v) is 8.79. The number of amides is 2. The van der Waals surface area contributed by atoms with Crippen molar-refractivity contribution in [2.45, 2.75) is 50.2 Å². The molecule has 0 bridgehead atoms. The van der Waals surface area contributed by atoms with Gasteiger partial charge in [-0.25, -0.2) is 4.79 Å². The van der Waals surface area contributed by atoms with Gasteiger partial charge in [-0.05, 0) is 52.8 Å². The number of benzene rings is 3. The number of fused-ring (bicyclic) bond motifs is 1. The summed E-state index contributed by atoms with van der Waals surface area (Å²) in [5.74, 6) is -0.314. The summed E-state index contributed by atoms with van der Waals surface area (Å²) in [6.45, 7) is 5.16. The molecule has 7 nitrogen and oxygen atoms in total. The average Bonchev–Trinajstić information content (AvgIpc) is 2.98. The van der Waals surface area contributed by atoms with Gasteiger partial charge in [-0.2, -0.15) is 11.8 Å². The lowest BCUT2D eigenvalue weighted by Gasteiger charge is -2.31. The van der Waals surface area contributed by atoms with Crippen molar-refractivity contribution >= 4 is 52.1 Å². The molecule has 3 unspecified atom stereocenters. The molecule has 2 amide bonds. The molecular weight excluding hydrogens is 555 g/mol. The lowest BCUT2D eigenvalue weighted by Crippen LogP contribution is -2.51. The van der Waals surface area contributed by atoms with Gasteiger partial charge in [-0.15, -0.1) is 11.8 Å². The summed E-state index contributed by atoms with van der Waals surface area (Å²) < 4.78 is 0.